The number of para-hydroxylation sites is 1. The Morgan fingerprint density at radius 2 is 0.929 bits per heavy atom. The van der Waals surface area contributed by atoms with Crippen molar-refractivity contribution in [1.29, 1.82) is 0 Å². The Morgan fingerprint density at radius 3 is 1.66 bits per heavy atom. The summed E-state index contributed by atoms with van der Waals surface area (Å²) in [5, 5.41) is 2.53. The van der Waals surface area contributed by atoms with E-state index in [0.29, 0.717) is 0 Å². The van der Waals surface area contributed by atoms with E-state index in [1.165, 1.54) is 77.5 Å². The van der Waals surface area contributed by atoms with Crippen LogP contribution >= 0.6 is 0 Å². The van der Waals surface area contributed by atoms with E-state index in [-0.39, 0.29) is 0 Å². The molecule has 0 amide bonds. The Bertz CT molecular complexity index is 2830. The number of fused-ring (bicyclic) bond motifs is 4. The molecule has 0 spiro atoms. The first-order chi connectivity index (χ1) is 27.6. The van der Waals surface area contributed by atoms with Gasteiger partial charge in [-0.3, -0.25) is 0 Å². The molecule has 1 aliphatic rings. The van der Waals surface area contributed by atoms with Crippen molar-refractivity contribution in [2.24, 2.45) is 0 Å². The zero-order chi connectivity index (χ0) is 37.6. The molecule has 0 bridgehead atoms. The summed E-state index contributed by atoms with van der Waals surface area (Å²) in [7, 11) is 0. The molecule has 9 aromatic carbocycles. The van der Waals surface area contributed by atoms with Crippen molar-refractivity contribution < 1.29 is 0 Å². The van der Waals surface area contributed by atoms with Gasteiger partial charge in [-0.1, -0.05) is 176 Å². The Labute approximate surface area is 329 Å². The van der Waals surface area contributed by atoms with Gasteiger partial charge in [0.2, 0.25) is 0 Å². The van der Waals surface area contributed by atoms with Crippen molar-refractivity contribution in [3.63, 3.8) is 0 Å². The largest absolute Gasteiger partial charge is 0.310 e. The molecule has 10 rings (SSSR count). The molecule has 9 aromatic rings. The third kappa shape index (κ3) is 5.31. The van der Waals surface area contributed by atoms with Crippen LogP contribution in [0.25, 0.3) is 44.2 Å². The second-order valence-electron chi connectivity index (χ2n) is 15.0. The van der Waals surface area contributed by atoms with E-state index >= 15 is 0 Å². The SMILES string of the molecule is Cc1ccccc1-c1c(C)ccc2cccc(-c3cccc(N(c4ccccc4)c4ccc5c(c4)C(c4ccccc4)(c4ccccc4)c4ccccc4-5)c3)c12. The van der Waals surface area contributed by atoms with Crippen LogP contribution in [0.1, 0.15) is 33.4 Å². The van der Waals surface area contributed by atoms with E-state index in [1.54, 1.807) is 0 Å². The monoisotopic (exact) mass is 715 g/mol. The van der Waals surface area contributed by atoms with Gasteiger partial charge in [0.15, 0.2) is 0 Å². The van der Waals surface area contributed by atoms with E-state index in [9.17, 15) is 0 Å². The fourth-order valence-electron chi connectivity index (χ4n) is 9.33. The first kappa shape index (κ1) is 33.6. The summed E-state index contributed by atoms with van der Waals surface area (Å²) in [6, 6.07) is 78.1. The summed E-state index contributed by atoms with van der Waals surface area (Å²) in [6.45, 7) is 4.45. The first-order valence-electron chi connectivity index (χ1n) is 19.5. The summed E-state index contributed by atoms with van der Waals surface area (Å²) >= 11 is 0. The Morgan fingerprint density at radius 1 is 0.357 bits per heavy atom. The maximum atomic E-state index is 2.45. The number of anilines is 3. The molecule has 56 heavy (non-hydrogen) atoms. The highest BCUT2D eigenvalue weighted by atomic mass is 15.1. The predicted molar refractivity (Wildman–Crippen MR) is 236 cm³/mol. The van der Waals surface area contributed by atoms with Gasteiger partial charge in [0.05, 0.1) is 5.41 Å². The molecule has 0 heterocycles. The van der Waals surface area contributed by atoms with Crippen LogP contribution in [0.5, 0.6) is 0 Å². The molecule has 0 saturated heterocycles. The van der Waals surface area contributed by atoms with Crippen LogP contribution < -0.4 is 4.90 Å². The average molecular weight is 716 g/mol. The lowest BCUT2D eigenvalue weighted by molar-refractivity contribution is 0.768. The molecular weight excluding hydrogens is 675 g/mol. The van der Waals surface area contributed by atoms with Gasteiger partial charge in [0, 0.05) is 17.1 Å². The minimum Gasteiger partial charge on any atom is -0.310 e. The van der Waals surface area contributed by atoms with Crippen molar-refractivity contribution in [2.75, 3.05) is 4.90 Å². The average Bonchev–Trinajstić information content (AvgIpc) is 3.55. The van der Waals surface area contributed by atoms with Crippen LogP contribution in [0.3, 0.4) is 0 Å². The third-order valence-electron chi connectivity index (χ3n) is 11.8. The number of aryl methyl sites for hydroxylation is 2. The smallest absolute Gasteiger partial charge is 0.0714 e. The normalized spacial score (nSPS) is 12.6. The Kier molecular flexibility index (Phi) is 8.23. The summed E-state index contributed by atoms with van der Waals surface area (Å²) in [5.74, 6) is 0. The first-order valence-corrected chi connectivity index (χ1v) is 19.5. The number of rotatable bonds is 7. The van der Waals surface area contributed by atoms with Gasteiger partial charge >= 0.3 is 0 Å². The number of nitrogens with zero attached hydrogens (tertiary/aromatic N) is 1. The van der Waals surface area contributed by atoms with Crippen LogP contribution in [0.15, 0.2) is 212 Å². The zero-order valence-corrected chi connectivity index (χ0v) is 31.7. The highest BCUT2D eigenvalue weighted by Gasteiger charge is 2.46. The van der Waals surface area contributed by atoms with Crippen molar-refractivity contribution >= 4 is 27.8 Å². The van der Waals surface area contributed by atoms with Crippen molar-refractivity contribution in [1.82, 2.24) is 0 Å². The molecule has 0 saturated carbocycles. The van der Waals surface area contributed by atoms with Crippen molar-refractivity contribution in [2.45, 2.75) is 19.3 Å². The molecule has 0 unspecified atom stereocenters. The second-order valence-corrected chi connectivity index (χ2v) is 15.0. The number of hydrogen-bond donors (Lipinski definition) is 0. The molecule has 0 atom stereocenters. The summed E-state index contributed by atoms with van der Waals surface area (Å²) in [6.07, 6.45) is 0. The van der Waals surface area contributed by atoms with E-state index < -0.39 is 5.41 Å². The fourth-order valence-corrected chi connectivity index (χ4v) is 9.33. The fraction of sp³-hybridized carbons (Fsp3) is 0.0545. The minimum atomic E-state index is -0.485. The summed E-state index contributed by atoms with van der Waals surface area (Å²) in [5.41, 5.74) is 18.1. The van der Waals surface area contributed by atoms with Crippen LogP contribution in [-0.4, -0.2) is 0 Å². The third-order valence-corrected chi connectivity index (χ3v) is 11.8. The molecule has 0 radical (unpaired) electrons. The maximum absolute atomic E-state index is 2.45. The van der Waals surface area contributed by atoms with Crippen LogP contribution in [-0.2, 0) is 5.41 Å². The van der Waals surface area contributed by atoms with E-state index in [0.717, 1.165) is 17.1 Å². The molecule has 266 valence electrons. The van der Waals surface area contributed by atoms with Crippen LogP contribution in [0.4, 0.5) is 17.1 Å². The van der Waals surface area contributed by atoms with Gasteiger partial charge in [0.25, 0.3) is 0 Å². The van der Waals surface area contributed by atoms with Crippen LogP contribution in [0.2, 0.25) is 0 Å². The van der Waals surface area contributed by atoms with Gasteiger partial charge in [-0.25, -0.2) is 0 Å². The maximum Gasteiger partial charge on any atom is 0.0714 e. The Balaban J connectivity index is 1.20. The van der Waals surface area contributed by atoms with Crippen molar-refractivity contribution in [3.8, 4) is 33.4 Å². The van der Waals surface area contributed by atoms with Gasteiger partial charge in [-0.15, -0.1) is 0 Å². The number of hydrogen-bond acceptors (Lipinski definition) is 1. The Hall–Kier alpha value is -6.96. The van der Waals surface area contributed by atoms with Crippen molar-refractivity contribution in [3.05, 3.63) is 246 Å². The quantitative estimate of drug-likeness (QED) is 0.159. The summed E-state index contributed by atoms with van der Waals surface area (Å²) in [4.78, 5) is 2.42. The minimum absolute atomic E-state index is 0.485. The lowest BCUT2D eigenvalue weighted by Gasteiger charge is -2.35. The molecule has 0 fully saturated rings. The van der Waals surface area contributed by atoms with Crippen LogP contribution in [0, 0.1) is 13.8 Å². The second kappa shape index (κ2) is 13.7. The van der Waals surface area contributed by atoms with E-state index in [4.69, 9.17) is 0 Å². The summed E-state index contributed by atoms with van der Waals surface area (Å²) < 4.78 is 0. The molecule has 0 aliphatic heterocycles. The van der Waals surface area contributed by atoms with E-state index in [1.807, 2.05) is 0 Å². The molecule has 0 aromatic heterocycles. The predicted octanol–water partition coefficient (Wildman–Crippen LogP) is 14.6. The van der Waals surface area contributed by atoms with Gasteiger partial charge in [-0.2, -0.15) is 0 Å². The van der Waals surface area contributed by atoms with E-state index in [2.05, 4.69) is 231 Å². The van der Waals surface area contributed by atoms with Gasteiger partial charge < -0.3 is 4.90 Å². The standard InChI is InChI=1S/C55H41N/c1-38-18-12-13-28-47(38)53-39(2)32-33-40-19-17-30-48(54(40)53)41-20-16-27-45(36-41)56(44-25-10-5-11-26-44)46-34-35-50-49-29-14-15-31-51(49)55(52(50)37-46,42-21-6-3-7-22-42)43-23-8-4-9-24-43/h3-37H,1-2H3. The zero-order valence-electron chi connectivity index (χ0n) is 31.7. The molecule has 1 heteroatoms. The molecule has 0 N–H and O–H groups in total. The lowest BCUT2D eigenvalue weighted by Crippen LogP contribution is -2.28. The number of benzene rings is 9. The topological polar surface area (TPSA) is 3.24 Å². The van der Waals surface area contributed by atoms with Gasteiger partial charge in [0.1, 0.15) is 0 Å². The van der Waals surface area contributed by atoms with Gasteiger partial charge in [-0.05, 0) is 128 Å². The lowest BCUT2D eigenvalue weighted by atomic mass is 9.67. The molecular formula is C55H41N. The highest BCUT2D eigenvalue weighted by Crippen LogP contribution is 2.57. The molecule has 1 nitrogen and oxygen atoms in total. The highest BCUT2D eigenvalue weighted by molar-refractivity contribution is 6.08. The molecule has 1 aliphatic carbocycles.